The molecule has 0 unspecified atom stereocenters. The fraction of sp³-hybridized carbons (Fsp3) is 0.194. The fourth-order valence-electron chi connectivity index (χ4n) is 5.78. The number of hydrogen-bond acceptors (Lipinski definition) is 5. The van der Waals surface area contributed by atoms with Crippen LogP contribution in [0.15, 0.2) is 66.9 Å². The zero-order valence-electron chi connectivity index (χ0n) is 26.1. The Morgan fingerprint density at radius 2 is 1.79 bits per heavy atom. The third-order valence-corrected chi connectivity index (χ3v) is 8.10. The number of pyridine rings is 1. The number of anilines is 1. The highest BCUT2D eigenvalue weighted by Crippen LogP contribution is 2.39. The second-order valence-electron chi connectivity index (χ2n) is 12.0. The third-order valence-electron chi connectivity index (χ3n) is 7.78. The molecule has 48 heavy (non-hydrogen) atoms. The van der Waals surface area contributed by atoms with Crippen molar-refractivity contribution in [3.63, 3.8) is 0 Å². The lowest BCUT2D eigenvalue weighted by Crippen LogP contribution is -2.32. The molecule has 12 heteroatoms. The number of fused-ring (bicyclic) bond motifs is 2. The highest BCUT2D eigenvalue weighted by Gasteiger charge is 2.25. The predicted molar refractivity (Wildman–Crippen MR) is 179 cm³/mol. The molecule has 8 nitrogen and oxygen atoms in total. The van der Waals surface area contributed by atoms with Crippen LogP contribution >= 0.6 is 11.6 Å². The minimum Gasteiger partial charge on any atom is -0.382 e. The minimum atomic E-state index is -1.32. The molecule has 5 N–H and O–H groups in total. The van der Waals surface area contributed by atoms with Crippen LogP contribution in [0, 0.1) is 29.3 Å². The lowest BCUT2D eigenvalue weighted by Gasteiger charge is -2.22. The first-order valence-corrected chi connectivity index (χ1v) is 15.3. The number of halogens is 4. The highest BCUT2D eigenvalue weighted by molar-refractivity contribution is 6.37. The second kappa shape index (κ2) is 12.7. The van der Waals surface area contributed by atoms with E-state index in [-0.39, 0.29) is 29.9 Å². The van der Waals surface area contributed by atoms with Crippen LogP contribution in [0.5, 0.6) is 0 Å². The average molecular weight is 671 g/mol. The van der Waals surface area contributed by atoms with Crippen LogP contribution in [-0.4, -0.2) is 36.4 Å². The number of amides is 1. The molecule has 1 amide bonds. The third kappa shape index (κ3) is 6.86. The first-order valence-electron chi connectivity index (χ1n) is 14.9. The molecule has 0 saturated carbocycles. The number of aryl methyl sites for hydroxylation is 1. The van der Waals surface area contributed by atoms with Crippen LogP contribution in [0.25, 0.3) is 32.9 Å². The molecule has 244 valence electrons. The summed E-state index contributed by atoms with van der Waals surface area (Å²) in [5, 5.41) is 19.1. The number of benzene rings is 3. The van der Waals surface area contributed by atoms with E-state index in [2.05, 4.69) is 27.2 Å². The predicted octanol–water partition coefficient (Wildman–Crippen LogP) is 6.53. The number of nitrogens with zero attached hydrogens (tertiary/aromatic N) is 3. The van der Waals surface area contributed by atoms with Crippen molar-refractivity contribution in [3.05, 3.63) is 112 Å². The van der Waals surface area contributed by atoms with Gasteiger partial charge in [-0.1, -0.05) is 23.6 Å². The Hall–Kier alpha value is -5.31. The van der Waals surface area contributed by atoms with Gasteiger partial charge in [-0.3, -0.25) is 9.48 Å². The van der Waals surface area contributed by atoms with Crippen molar-refractivity contribution in [1.29, 1.82) is 0 Å². The minimum absolute atomic E-state index is 0.0600. The maximum absolute atomic E-state index is 14.4. The van der Waals surface area contributed by atoms with E-state index in [4.69, 9.17) is 22.3 Å². The van der Waals surface area contributed by atoms with Crippen LogP contribution < -0.4 is 11.1 Å². The van der Waals surface area contributed by atoms with Crippen molar-refractivity contribution in [1.82, 2.24) is 25.1 Å². The van der Waals surface area contributed by atoms with E-state index >= 15 is 0 Å². The van der Waals surface area contributed by atoms with Crippen molar-refractivity contribution < 1.29 is 23.1 Å². The van der Waals surface area contributed by atoms with Crippen LogP contribution in [-0.2, 0) is 24.7 Å². The smallest absolute Gasteiger partial charge is 0.225 e. The van der Waals surface area contributed by atoms with Crippen LogP contribution in [0.4, 0.5) is 19.0 Å². The van der Waals surface area contributed by atoms with Gasteiger partial charge in [-0.15, -0.1) is 0 Å². The van der Waals surface area contributed by atoms with Gasteiger partial charge >= 0.3 is 0 Å². The fourth-order valence-corrected chi connectivity index (χ4v) is 6.03. The van der Waals surface area contributed by atoms with Gasteiger partial charge in [0.2, 0.25) is 5.91 Å². The number of aromatic nitrogens is 4. The molecule has 0 bridgehead atoms. The van der Waals surface area contributed by atoms with Gasteiger partial charge in [0.1, 0.15) is 28.7 Å². The van der Waals surface area contributed by atoms with Gasteiger partial charge in [0.15, 0.2) is 5.82 Å². The normalized spacial score (nSPS) is 12.2. The van der Waals surface area contributed by atoms with Crippen LogP contribution in [0.1, 0.15) is 42.4 Å². The molecule has 0 aliphatic rings. The molecule has 3 heterocycles. The molecule has 3 aromatic heterocycles. The molecule has 0 aliphatic heterocycles. The number of carbonyl (C=O) groups excluding carboxylic acids is 1. The van der Waals surface area contributed by atoms with E-state index in [1.807, 2.05) is 0 Å². The number of nitrogens with two attached hydrogens (primary N) is 1. The SMILES string of the molecule is Cn1nc(N)c2c(Cl)ccc(-c3ccc(C#CC(C)(C)O)nc3[C@H](Cc3cc(F)cc(F)c3)NC(=O)Cc3c[nH]c4ccc(F)cc34)c21. The summed E-state index contributed by atoms with van der Waals surface area (Å²) in [5.41, 5.74) is 8.75. The molecule has 0 spiro atoms. The van der Waals surface area contributed by atoms with E-state index in [0.717, 1.165) is 6.07 Å². The molecular formula is C36H30ClF3N6O2. The van der Waals surface area contributed by atoms with Gasteiger partial charge in [-0.05, 0) is 85.8 Å². The van der Waals surface area contributed by atoms with E-state index in [0.29, 0.717) is 49.2 Å². The number of nitrogen functional groups attached to an aromatic ring is 1. The highest BCUT2D eigenvalue weighted by atomic mass is 35.5. The molecule has 6 aromatic rings. The Bertz CT molecular complexity index is 2260. The molecule has 1 atom stereocenters. The van der Waals surface area contributed by atoms with E-state index < -0.39 is 35.0 Å². The van der Waals surface area contributed by atoms with Gasteiger partial charge < -0.3 is 21.1 Å². The van der Waals surface area contributed by atoms with Gasteiger partial charge in [0.25, 0.3) is 0 Å². The monoisotopic (exact) mass is 670 g/mol. The van der Waals surface area contributed by atoms with E-state index in [1.165, 1.54) is 38.1 Å². The van der Waals surface area contributed by atoms with E-state index in [1.54, 1.807) is 48.3 Å². The van der Waals surface area contributed by atoms with Gasteiger partial charge in [-0.2, -0.15) is 5.10 Å². The second-order valence-corrected chi connectivity index (χ2v) is 12.5. The summed E-state index contributed by atoms with van der Waals surface area (Å²) in [5.74, 6) is 3.38. The number of aliphatic hydroxyl groups is 1. The number of aromatic amines is 1. The van der Waals surface area contributed by atoms with Gasteiger partial charge in [-0.25, -0.2) is 18.2 Å². The summed E-state index contributed by atoms with van der Waals surface area (Å²) in [6, 6.07) is 13.3. The van der Waals surface area contributed by atoms with Gasteiger partial charge in [0, 0.05) is 41.3 Å². The molecule has 3 aromatic carbocycles. The van der Waals surface area contributed by atoms with Crippen molar-refractivity contribution in [2.24, 2.45) is 7.05 Å². The first-order chi connectivity index (χ1) is 22.8. The summed E-state index contributed by atoms with van der Waals surface area (Å²) >= 11 is 6.53. The molecule has 0 aliphatic carbocycles. The summed E-state index contributed by atoms with van der Waals surface area (Å²) in [6.45, 7) is 3.06. The number of nitrogens with one attached hydrogen (secondary N) is 2. The molecule has 6 rings (SSSR count). The largest absolute Gasteiger partial charge is 0.382 e. The maximum Gasteiger partial charge on any atom is 0.225 e. The Labute approximate surface area is 278 Å². The van der Waals surface area contributed by atoms with Gasteiger partial charge in [0.05, 0.1) is 34.1 Å². The quantitative estimate of drug-likeness (QED) is 0.144. The Balaban J connectivity index is 1.51. The number of carbonyl (C=O) groups is 1. The summed E-state index contributed by atoms with van der Waals surface area (Å²) < 4.78 is 44.5. The summed E-state index contributed by atoms with van der Waals surface area (Å²) in [7, 11) is 1.72. The van der Waals surface area contributed by atoms with Crippen molar-refractivity contribution in [2.75, 3.05) is 5.73 Å². The summed E-state index contributed by atoms with van der Waals surface area (Å²) in [6.07, 6.45) is 1.44. The first kappa shape index (κ1) is 32.6. The lowest BCUT2D eigenvalue weighted by atomic mass is 9.93. The van der Waals surface area contributed by atoms with Crippen molar-refractivity contribution >= 4 is 45.1 Å². The number of H-pyrrole nitrogens is 1. The zero-order chi connectivity index (χ0) is 34.3. The van der Waals surface area contributed by atoms with Crippen LogP contribution in [0.2, 0.25) is 5.02 Å². The standard InChI is InChI=1S/C36H30ClF3N6O2/c1-36(2,48)11-10-24-5-6-25(26-7-8-28(37)32-34(26)46(3)45-35(32)41)33(43-24)30(14-19-12-22(39)16-23(40)13-19)44-31(47)15-20-18-42-29-9-4-21(38)17-27(20)29/h4-9,12-13,16-18,30,42,48H,14-15H2,1-3H3,(H2,41,45)(H,44,47)/t30-/m0/s1. The Kier molecular flexibility index (Phi) is 8.64. The van der Waals surface area contributed by atoms with Crippen LogP contribution in [0.3, 0.4) is 0 Å². The summed E-state index contributed by atoms with van der Waals surface area (Å²) in [4.78, 5) is 21.6. The molecule has 0 fully saturated rings. The molecule has 0 radical (unpaired) electrons. The number of rotatable bonds is 7. The molecule has 0 saturated heterocycles. The Morgan fingerprint density at radius 3 is 2.52 bits per heavy atom. The topological polar surface area (TPSA) is 122 Å². The van der Waals surface area contributed by atoms with Crippen molar-refractivity contribution in [2.45, 2.75) is 38.3 Å². The Morgan fingerprint density at radius 1 is 1.06 bits per heavy atom. The van der Waals surface area contributed by atoms with E-state index in [9.17, 15) is 23.1 Å². The van der Waals surface area contributed by atoms with Crippen molar-refractivity contribution in [3.8, 4) is 23.0 Å². The lowest BCUT2D eigenvalue weighted by molar-refractivity contribution is -0.121. The molecular weight excluding hydrogens is 641 g/mol. The average Bonchev–Trinajstić information content (AvgIpc) is 3.54. The number of hydrogen-bond donors (Lipinski definition) is 4. The maximum atomic E-state index is 14.4. The zero-order valence-corrected chi connectivity index (χ0v) is 26.9.